The van der Waals surface area contributed by atoms with Gasteiger partial charge in [0, 0.05) is 18.2 Å². The van der Waals surface area contributed by atoms with Crippen molar-refractivity contribution in [2.24, 2.45) is 12.8 Å². The predicted molar refractivity (Wildman–Crippen MR) is 126 cm³/mol. The molecule has 0 fully saturated rings. The molecule has 3 rings (SSSR count). The van der Waals surface area contributed by atoms with Crippen molar-refractivity contribution in [1.82, 2.24) is 9.78 Å². The van der Waals surface area contributed by atoms with Gasteiger partial charge in [0.2, 0.25) is 0 Å². The zero-order chi connectivity index (χ0) is 24.5. The van der Waals surface area contributed by atoms with Gasteiger partial charge in [-0.1, -0.05) is 58.9 Å². The third kappa shape index (κ3) is 4.77. The summed E-state index contributed by atoms with van der Waals surface area (Å²) in [5, 5.41) is 3.87. The normalized spacial score (nSPS) is 11.9. The number of amides is 1. The van der Waals surface area contributed by atoms with Crippen molar-refractivity contribution >= 4 is 5.91 Å². The van der Waals surface area contributed by atoms with Crippen molar-refractivity contribution in [1.29, 1.82) is 0 Å². The summed E-state index contributed by atoms with van der Waals surface area (Å²) in [6.45, 7) is 10.6. The number of benzene rings is 2. The van der Waals surface area contributed by atoms with Gasteiger partial charge in [0.05, 0.1) is 11.3 Å². The lowest BCUT2D eigenvalue weighted by molar-refractivity contribution is 0.0985. The molecule has 176 valence electrons. The summed E-state index contributed by atoms with van der Waals surface area (Å²) in [6.07, 6.45) is -2.03. The number of hydrogen-bond donors (Lipinski definition) is 1. The molecule has 0 saturated heterocycles. The van der Waals surface area contributed by atoms with Crippen molar-refractivity contribution in [2.75, 3.05) is 0 Å². The monoisotopic (exact) mass is 455 g/mol. The second kappa shape index (κ2) is 9.33. The highest BCUT2D eigenvalue weighted by Gasteiger charge is 2.29. The number of carbonyl (C=O) groups is 1. The van der Waals surface area contributed by atoms with Crippen LogP contribution in [0, 0.1) is 0 Å². The topological polar surface area (TPSA) is 70.1 Å². The molecular weight excluding hydrogens is 424 g/mol. The highest BCUT2D eigenvalue weighted by atomic mass is 19.3. The van der Waals surface area contributed by atoms with Crippen LogP contribution in [0.4, 0.5) is 8.78 Å². The summed E-state index contributed by atoms with van der Waals surface area (Å²) in [5.41, 5.74) is 7.24. The minimum atomic E-state index is -2.93. The molecule has 0 aliphatic carbocycles. The number of alkyl halides is 2. The van der Waals surface area contributed by atoms with E-state index in [0.717, 1.165) is 17.5 Å². The lowest BCUT2D eigenvalue weighted by Crippen LogP contribution is -2.17. The molecule has 0 bridgehead atoms. The number of aryl methyl sites for hydroxylation is 1. The van der Waals surface area contributed by atoms with E-state index in [1.807, 2.05) is 6.07 Å². The molecule has 0 atom stereocenters. The lowest BCUT2D eigenvalue weighted by Gasteiger charge is -2.27. The number of aromatic nitrogens is 2. The highest BCUT2D eigenvalue weighted by molar-refractivity contribution is 6.01. The predicted octanol–water partition coefficient (Wildman–Crippen LogP) is 6.73. The molecule has 3 aromatic rings. The molecule has 7 heteroatoms. The number of rotatable bonds is 8. The van der Waals surface area contributed by atoms with E-state index in [2.05, 4.69) is 51.9 Å². The van der Waals surface area contributed by atoms with E-state index in [1.165, 1.54) is 11.7 Å². The quantitative estimate of drug-likeness (QED) is 0.409. The fourth-order valence-corrected chi connectivity index (χ4v) is 3.85. The molecule has 1 aromatic heterocycles. The van der Waals surface area contributed by atoms with Crippen molar-refractivity contribution in [3.63, 3.8) is 0 Å². The number of carbonyl (C=O) groups excluding carboxylic acids is 1. The first-order valence-electron chi connectivity index (χ1n) is 11.0. The van der Waals surface area contributed by atoms with Gasteiger partial charge >= 0.3 is 0 Å². The summed E-state index contributed by atoms with van der Waals surface area (Å²) >= 11 is 0. The number of primary amides is 1. The largest absolute Gasteiger partial charge is 0.456 e. The Hall–Kier alpha value is -3.22. The Morgan fingerprint density at radius 1 is 1.15 bits per heavy atom. The van der Waals surface area contributed by atoms with Gasteiger partial charge in [0.1, 0.15) is 17.2 Å². The van der Waals surface area contributed by atoms with Crippen molar-refractivity contribution < 1.29 is 18.3 Å². The fourth-order valence-electron chi connectivity index (χ4n) is 3.85. The van der Waals surface area contributed by atoms with Crippen LogP contribution in [0.15, 0.2) is 42.5 Å². The SMILES string of the molecule is CCC(C)(C)c1ccc(C(C)C)cc1Oc1ccccc1-c1c(C(N)=O)c(C(F)F)nn1C. The number of hydrogen-bond acceptors (Lipinski definition) is 3. The minimum Gasteiger partial charge on any atom is -0.456 e. The summed E-state index contributed by atoms with van der Waals surface area (Å²) < 4.78 is 34.9. The molecule has 0 radical (unpaired) electrons. The number of nitrogens with two attached hydrogens (primary N) is 1. The van der Waals surface area contributed by atoms with Crippen LogP contribution < -0.4 is 10.5 Å². The lowest BCUT2D eigenvalue weighted by atomic mass is 9.81. The Morgan fingerprint density at radius 2 is 1.82 bits per heavy atom. The van der Waals surface area contributed by atoms with E-state index >= 15 is 0 Å². The minimum absolute atomic E-state index is 0.145. The average Bonchev–Trinajstić information content (AvgIpc) is 3.11. The highest BCUT2D eigenvalue weighted by Crippen LogP contribution is 2.42. The summed E-state index contributed by atoms with van der Waals surface area (Å²) in [4.78, 5) is 12.1. The number of halogens is 2. The average molecular weight is 456 g/mol. The third-order valence-electron chi connectivity index (χ3n) is 6.17. The number of nitrogens with zero attached hydrogens (tertiary/aromatic N) is 2. The van der Waals surface area contributed by atoms with Crippen LogP contribution >= 0.6 is 0 Å². The smallest absolute Gasteiger partial charge is 0.282 e. The first-order chi connectivity index (χ1) is 15.5. The summed E-state index contributed by atoms with van der Waals surface area (Å²) in [5.74, 6) is 0.460. The van der Waals surface area contributed by atoms with Crippen LogP contribution in [0.5, 0.6) is 11.5 Å². The van der Waals surface area contributed by atoms with Gasteiger partial charge < -0.3 is 10.5 Å². The van der Waals surface area contributed by atoms with Crippen molar-refractivity contribution in [3.8, 4) is 22.8 Å². The zero-order valence-electron chi connectivity index (χ0n) is 19.9. The van der Waals surface area contributed by atoms with E-state index in [1.54, 1.807) is 24.3 Å². The standard InChI is InChI=1S/C26H31F2N3O2/c1-7-26(4,5)18-13-12-16(15(2)3)14-20(18)33-19-11-9-8-10-17(19)23-21(25(29)32)22(24(27)28)30-31(23)6/h8-15,24H,7H2,1-6H3,(H2,29,32). The molecule has 33 heavy (non-hydrogen) atoms. The van der Waals surface area contributed by atoms with Gasteiger partial charge in [0.25, 0.3) is 12.3 Å². The van der Waals surface area contributed by atoms with Gasteiger partial charge in [-0.25, -0.2) is 8.78 Å². The van der Waals surface area contributed by atoms with E-state index < -0.39 is 18.0 Å². The molecular formula is C26H31F2N3O2. The van der Waals surface area contributed by atoms with Crippen LogP contribution in [0.25, 0.3) is 11.3 Å². The van der Waals surface area contributed by atoms with E-state index in [0.29, 0.717) is 23.0 Å². The van der Waals surface area contributed by atoms with Crippen LogP contribution in [-0.4, -0.2) is 15.7 Å². The van der Waals surface area contributed by atoms with Crippen molar-refractivity contribution in [2.45, 2.75) is 58.8 Å². The van der Waals surface area contributed by atoms with Crippen LogP contribution in [0.2, 0.25) is 0 Å². The molecule has 0 spiro atoms. The molecule has 1 amide bonds. The van der Waals surface area contributed by atoms with Gasteiger partial charge in [-0.15, -0.1) is 0 Å². The molecule has 2 aromatic carbocycles. The fraction of sp³-hybridized carbons (Fsp3) is 0.385. The van der Waals surface area contributed by atoms with E-state index in [-0.39, 0.29) is 16.7 Å². The second-order valence-corrected chi connectivity index (χ2v) is 9.14. The van der Waals surface area contributed by atoms with Gasteiger partial charge in [-0.2, -0.15) is 5.10 Å². The number of para-hydroxylation sites is 1. The third-order valence-corrected chi connectivity index (χ3v) is 6.17. The maximum atomic E-state index is 13.6. The second-order valence-electron chi connectivity index (χ2n) is 9.14. The molecule has 0 aliphatic heterocycles. The van der Waals surface area contributed by atoms with E-state index in [9.17, 15) is 13.6 Å². The van der Waals surface area contributed by atoms with Gasteiger partial charge in [-0.05, 0) is 41.5 Å². The number of ether oxygens (including phenoxy) is 1. The Bertz CT molecular complexity index is 1170. The molecule has 0 aliphatic rings. The Morgan fingerprint density at radius 3 is 2.39 bits per heavy atom. The molecule has 0 unspecified atom stereocenters. The molecule has 1 heterocycles. The van der Waals surface area contributed by atoms with Crippen LogP contribution in [-0.2, 0) is 12.5 Å². The van der Waals surface area contributed by atoms with E-state index in [4.69, 9.17) is 10.5 Å². The zero-order valence-corrected chi connectivity index (χ0v) is 19.9. The Kier molecular flexibility index (Phi) is 6.91. The maximum Gasteiger partial charge on any atom is 0.282 e. The van der Waals surface area contributed by atoms with Gasteiger partial charge in [0.15, 0.2) is 0 Å². The Labute approximate surface area is 193 Å². The van der Waals surface area contributed by atoms with Crippen LogP contribution in [0.1, 0.15) is 80.6 Å². The molecule has 2 N–H and O–H groups in total. The van der Waals surface area contributed by atoms with Crippen LogP contribution in [0.3, 0.4) is 0 Å². The Balaban J connectivity index is 2.22. The van der Waals surface area contributed by atoms with Crippen molar-refractivity contribution in [3.05, 3.63) is 64.8 Å². The van der Waals surface area contributed by atoms with Gasteiger partial charge in [-0.3, -0.25) is 9.48 Å². The first kappa shape index (κ1) is 24.4. The molecule has 0 saturated carbocycles. The first-order valence-corrected chi connectivity index (χ1v) is 11.0. The summed E-state index contributed by atoms with van der Waals surface area (Å²) in [6, 6.07) is 13.2. The maximum absolute atomic E-state index is 13.6. The summed E-state index contributed by atoms with van der Waals surface area (Å²) in [7, 11) is 1.51. The molecule has 5 nitrogen and oxygen atoms in total.